The van der Waals surface area contributed by atoms with Gasteiger partial charge in [0.2, 0.25) is 0 Å². The predicted molar refractivity (Wildman–Crippen MR) is 87.3 cm³/mol. The maximum atomic E-state index is 5.81. The van der Waals surface area contributed by atoms with Crippen molar-refractivity contribution < 1.29 is 4.74 Å². The second kappa shape index (κ2) is 6.59. The quantitative estimate of drug-likeness (QED) is 0.914. The van der Waals surface area contributed by atoms with E-state index in [0.29, 0.717) is 12.5 Å². The van der Waals surface area contributed by atoms with Crippen LogP contribution in [0.25, 0.3) is 0 Å². The van der Waals surface area contributed by atoms with Crippen molar-refractivity contribution in [2.45, 2.75) is 26.3 Å². The SMILES string of the molecule is COc1cccc(N(C)c2cc(CN)cc(C(C)C)n2)c1. The molecule has 0 fully saturated rings. The van der Waals surface area contributed by atoms with E-state index in [2.05, 4.69) is 19.9 Å². The van der Waals surface area contributed by atoms with E-state index in [-0.39, 0.29) is 0 Å². The summed E-state index contributed by atoms with van der Waals surface area (Å²) in [5, 5.41) is 0. The van der Waals surface area contributed by atoms with Gasteiger partial charge < -0.3 is 15.4 Å². The van der Waals surface area contributed by atoms with Gasteiger partial charge in [-0.3, -0.25) is 0 Å². The number of pyridine rings is 1. The highest BCUT2D eigenvalue weighted by Crippen LogP contribution is 2.27. The van der Waals surface area contributed by atoms with Crippen LogP contribution in [0.15, 0.2) is 36.4 Å². The molecule has 0 spiro atoms. The fourth-order valence-corrected chi connectivity index (χ4v) is 2.13. The standard InChI is InChI=1S/C17H23N3O/c1-12(2)16-8-13(11-18)9-17(19-16)20(3)14-6-5-7-15(10-14)21-4/h5-10,12H,11,18H2,1-4H3. The lowest BCUT2D eigenvalue weighted by Crippen LogP contribution is -2.14. The van der Waals surface area contributed by atoms with Gasteiger partial charge in [-0.15, -0.1) is 0 Å². The third-order valence-corrected chi connectivity index (χ3v) is 3.50. The Morgan fingerprint density at radius 3 is 2.62 bits per heavy atom. The summed E-state index contributed by atoms with van der Waals surface area (Å²) < 4.78 is 5.28. The first-order valence-electron chi connectivity index (χ1n) is 7.14. The maximum absolute atomic E-state index is 5.81. The van der Waals surface area contributed by atoms with Crippen molar-refractivity contribution in [3.05, 3.63) is 47.7 Å². The average molecular weight is 285 g/mol. The van der Waals surface area contributed by atoms with Crippen LogP contribution in [0.2, 0.25) is 0 Å². The first-order chi connectivity index (χ1) is 10.0. The fourth-order valence-electron chi connectivity index (χ4n) is 2.13. The van der Waals surface area contributed by atoms with Gasteiger partial charge in [0.1, 0.15) is 11.6 Å². The van der Waals surface area contributed by atoms with E-state index in [4.69, 9.17) is 15.5 Å². The Morgan fingerprint density at radius 1 is 1.24 bits per heavy atom. The number of rotatable bonds is 5. The summed E-state index contributed by atoms with van der Waals surface area (Å²) in [4.78, 5) is 6.79. The molecule has 0 radical (unpaired) electrons. The Balaban J connectivity index is 2.41. The van der Waals surface area contributed by atoms with Gasteiger partial charge in [0.25, 0.3) is 0 Å². The van der Waals surface area contributed by atoms with Gasteiger partial charge in [-0.05, 0) is 35.7 Å². The molecule has 0 saturated carbocycles. The minimum atomic E-state index is 0.369. The van der Waals surface area contributed by atoms with Crippen molar-refractivity contribution in [1.82, 2.24) is 4.98 Å². The van der Waals surface area contributed by atoms with Gasteiger partial charge in [0, 0.05) is 31.0 Å². The number of hydrogen-bond donors (Lipinski definition) is 1. The molecule has 4 heteroatoms. The van der Waals surface area contributed by atoms with E-state index in [1.54, 1.807) is 7.11 Å². The highest BCUT2D eigenvalue weighted by Gasteiger charge is 2.11. The first kappa shape index (κ1) is 15.3. The summed E-state index contributed by atoms with van der Waals surface area (Å²) in [7, 11) is 3.67. The lowest BCUT2D eigenvalue weighted by molar-refractivity contribution is 0.415. The highest BCUT2D eigenvalue weighted by atomic mass is 16.5. The molecule has 0 bridgehead atoms. The molecule has 0 atom stereocenters. The van der Waals surface area contributed by atoms with E-state index in [1.165, 1.54) is 0 Å². The molecular weight excluding hydrogens is 262 g/mol. The van der Waals surface area contributed by atoms with Crippen LogP contribution < -0.4 is 15.4 Å². The molecule has 1 aromatic carbocycles. The zero-order valence-electron chi connectivity index (χ0n) is 13.1. The summed E-state index contributed by atoms with van der Waals surface area (Å²) in [6, 6.07) is 12.0. The third-order valence-electron chi connectivity index (χ3n) is 3.50. The Bertz CT molecular complexity index is 611. The number of nitrogens with zero attached hydrogens (tertiary/aromatic N) is 2. The lowest BCUT2D eigenvalue weighted by Gasteiger charge is -2.21. The van der Waals surface area contributed by atoms with Crippen LogP contribution in [-0.4, -0.2) is 19.1 Å². The largest absolute Gasteiger partial charge is 0.497 e. The van der Waals surface area contributed by atoms with Crippen molar-refractivity contribution in [3.63, 3.8) is 0 Å². The Morgan fingerprint density at radius 2 is 2.00 bits per heavy atom. The molecule has 0 amide bonds. The summed E-state index contributed by atoms with van der Waals surface area (Å²) in [6.45, 7) is 4.79. The van der Waals surface area contributed by atoms with Crippen molar-refractivity contribution in [3.8, 4) is 5.75 Å². The zero-order valence-corrected chi connectivity index (χ0v) is 13.1. The first-order valence-corrected chi connectivity index (χ1v) is 7.14. The van der Waals surface area contributed by atoms with Gasteiger partial charge >= 0.3 is 0 Å². The molecule has 112 valence electrons. The van der Waals surface area contributed by atoms with Crippen molar-refractivity contribution in [2.24, 2.45) is 5.73 Å². The van der Waals surface area contributed by atoms with Gasteiger partial charge in [-0.1, -0.05) is 19.9 Å². The average Bonchev–Trinajstić information content (AvgIpc) is 2.53. The number of nitrogens with two attached hydrogens (primary N) is 1. The molecule has 0 aliphatic rings. The number of methoxy groups -OCH3 is 1. The topological polar surface area (TPSA) is 51.4 Å². The Kier molecular flexibility index (Phi) is 4.81. The normalized spacial score (nSPS) is 10.8. The summed E-state index contributed by atoms with van der Waals surface area (Å²) in [6.07, 6.45) is 0. The van der Waals surface area contributed by atoms with Crippen molar-refractivity contribution >= 4 is 11.5 Å². The van der Waals surface area contributed by atoms with Crippen LogP contribution in [-0.2, 0) is 6.54 Å². The third kappa shape index (κ3) is 3.52. The Hall–Kier alpha value is -2.07. The second-order valence-electron chi connectivity index (χ2n) is 5.38. The van der Waals surface area contributed by atoms with Crippen LogP contribution in [0.4, 0.5) is 11.5 Å². The molecule has 4 nitrogen and oxygen atoms in total. The molecule has 0 saturated heterocycles. The van der Waals surface area contributed by atoms with E-state index >= 15 is 0 Å². The molecule has 21 heavy (non-hydrogen) atoms. The van der Waals surface area contributed by atoms with Crippen LogP contribution in [0.5, 0.6) is 5.75 Å². The summed E-state index contributed by atoms with van der Waals surface area (Å²) >= 11 is 0. The van der Waals surface area contributed by atoms with Crippen molar-refractivity contribution in [1.29, 1.82) is 0 Å². The predicted octanol–water partition coefficient (Wildman–Crippen LogP) is 3.44. The fraction of sp³-hybridized carbons (Fsp3) is 0.353. The minimum Gasteiger partial charge on any atom is -0.497 e. The van der Waals surface area contributed by atoms with E-state index < -0.39 is 0 Å². The number of aromatic nitrogens is 1. The molecule has 2 aromatic rings. The van der Waals surface area contributed by atoms with E-state index in [9.17, 15) is 0 Å². The molecule has 0 unspecified atom stereocenters. The van der Waals surface area contributed by atoms with Crippen LogP contribution in [0.3, 0.4) is 0 Å². The number of anilines is 2. The molecule has 2 rings (SSSR count). The lowest BCUT2D eigenvalue weighted by atomic mass is 10.1. The minimum absolute atomic E-state index is 0.369. The second-order valence-corrected chi connectivity index (χ2v) is 5.38. The number of hydrogen-bond acceptors (Lipinski definition) is 4. The summed E-state index contributed by atoms with van der Waals surface area (Å²) in [5.41, 5.74) is 8.99. The molecule has 0 aliphatic heterocycles. The molecule has 2 N–H and O–H groups in total. The maximum Gasteiger partial charge on any atom is 0.133 e. The van der Waals surface area contributed by atoms with Gasteiger partial charge in [0.05, 0.1) is 7.11 Å². The highest BCUT2D eigenvalue weighted by molar-refractivity contribution is 5.61. The van der Waals surface area contributed by atoms with Crippen molar-refractivity contribution in [2.75, 3.05) is 19.1 Å². The molecule has 1 heterocycles. The van der Waals surface area contributed by atoms with E-state index in [1.807, 2.05) is 42.3 Å². The van der Waals surface area contributed by atoms with Gasteiger partial charge in [-0.2, -0.15) is 0 Å². The zero-order chi connectivity index (χ0) is 15.4. The number of benzene rings is 1. The molecule has 1 aromatic heterocycles. The smallest absolute Gasteiger partial charge is 0.133 e. The van der Waals surface area contributed by atoms with Crippen LogP contribution in [0, 0.1) is 0 Å². The van der Waals surface area contributed by atoms with Crippen LogP contribution >= 0.6 is 0 Å². The molecular formula is C17H23N3O. The van der Waals surface area contributed by atoms with Gasteiger partial charge in [-0.25, -0.2) is 4.98 Å². The Labute approximate surface area is 126 Å². The molecule has 0 aliphatic carbocycles. The number of ether oxygens (including phenoxy) is 1. The monoisotopic (exact) mass is 285 g/mol. The van der Waals surface area contributed by atoms with Crippen LogP contribution in [0.1, 0.15) is 31.0 Å². The summed E-state index contributed by atoms with van der Waals surface area (Å²) in [5.74, 6) is 2.10. The van der Waals surface area contributed by atoms with E-state index in [0.717, 1.165) is 28.5 Å². The van der Waals surface area contributed by atoms with Gasteiger partial charge in [0.15, 0.2) is 0 Å².